The molecule has 0 unspecified atom stereocenters. The Morgan fingerprint density at radius 3 is 0.333 bits per heavy atom. The van der Waals surface area contributed by atoms with Crippen molar-refractivity contribution in [1.29, 1.82) is 0 Å². The predicted molar refractivity (Wildman–Crippen MR) is 15.1 cm³/mol. The van der Waals surface area contributed by atoms with E-state index in [1.54, 1.807) is 0 Å². The smallest absolute Gasteiger partial charge is 0.344 e. The normalized spacial score (nSPS) is 0. The maximum atomic E-state index is 0. The zero-order valence-electron chi connectivity index (χ0n) is 5.12. The van der Waals surface area contributed by atoms with Crippen LogP contribution in [0.5, 0.6) is 0 Å². The molecule has 0 saturated heterocycles. The first-order valence-corrected chi connectivity index (χ1v) is 0. The summed E-state index contributed by atoms with van der Waals surface area (Å²) < 4.78 is 0. The van der Waals surface area contributed by atoms with Gasteiger partial charge < -0.3 is 18.5 Å². The van der Waals surface area contributed by atoms with Gasteiger partial charge in [-0.3, -0.25) is 0 Å². The second-order valence-electron chi connectivity index (χ2n) is 0. The summed E-state index contributed by atoms with van der Waals surface area (Å²) in [5.74, 6) is 0. The molecule has 6 heavy (non-hydrogen) atoms. The largest absolute Gasteiger partial charge is 1.00 e. The van der Waals surface area contributed by atoms with E-state index in [1.165, 1.54) is 0 Å². The van der Waals surface area contributed by atoms with Crippen LogP contribution >= 0.6 is 0 Å². The van der Waals surface area contributed by atoms with Crippen LogP contribution in [0.4, 0.5) is 0 Å². The van der Waals surface area contributed by atoms with Crippen molar-refractivity contribution < 1.29 is 88.7 Å². The number of rotatable bonds is 0. The Balaban J connectivity index is 0. The fraction of sp³-hybridized carbons (Fsp3) is 0. The molecule has 0 aromatic rings. The van der Waals surface area contributed by atoms with Crippen molar-refractivity contribution >= 4 is 0 Å². The molecule has 6 heteroatoms. The van der Waals surface area contributed by atoms with Crippen LogP contribution in [-0.4, -0.2) is 0 Å². The molecule has 0 rings (SSSR count). The Labute approximate surface area is 105 Å². The van der Waals surface area contributed by atoms with E-state index in [1.807, 2.05) is 0 Å². The van der Waals surface area contributed by atoms with Crippen molar-refractivity contribution in [2.24, 2.45) is 0 Å². The molecule has 0 atom stereocenters. The zero-order valence-corrected chi connectivity index (χ0v) is 11.1. The molecule has 0 aliphatic carbocycles. The molecule has 0 aromatic carbocycles. The first-order valence-electron chi connectivity index (χ1n) is 0. The van der Waals surface area contributed by atoms with Crippen LogP contribution in [-0.2, 0) is 0 Å². The maximum absolute atomic E-state index is 0. The van der Waals surface area contributed by atoms with Crippen LogP contribution in [0.3, 0.4) is 0 Å². The summed E-state index contributed by atoms with van der Waals surface area (Å²) in [5.41, 5.74) is 0. The summed E-state index contributed by atoms with van der Waals surface area (Å²) in [5, 5.41) is 0. The molecule has 0 radical (unpaired) electrons. The molecule has 0 amide bonds. The Hall–Kier alpha value is 2.88. The van der Waals surface area contributed by atoms with Crippen molar-refractivity contribution in [3.8, 4) is 0 Å². The van der Waals surface area contributed by atoms with E-state index in [0.717, 1.165) is 0 Å². The van der Waals surface area contributed by atoms with Crippen LogP contribution in [0.15, 0.2) is 0 Å². The SMILES string of the molecule is N.N.N.[Na+].[Na+].[Na+]. The molecule has 0 saturated carbocycles. The average molecular weight is 120 g/mol. The third-order valence-electron chi connectivity index (χ3n) is 0. The van der Waals surface area contributed by atoms with Gasteiger partial charge in [0.05, 0.1) is 0 Å². The summed E-state index contributed by atoms with van der Waals surface area (Å²) in [6.07, 6.45) is 0. The molecule has 24 valence electrons. The zero-order chi connectivity index (χ0) is 0. The monoisotopic (exact) mass is 120 g/mol. The first kappa shape index (κ1) is 66.5. The van der Waals surface area contributed by atoms with Crippen LogP contribution < -0.4 is 107 Å². The van der Waals surface area contributed by atoms with Gasteiger partial charge in [-0.05, 0) is 0 Å². The predicted octanol–water partition coefficient (Wildman–Crippen LogP) is -8.50. The Bertz CT molecular complexity index is 6.00. The summed E-state index contributed by atoms with van der Waals surface area (Å²) in [6.45, 7) is 0. The minimum atomic E-state index is 0. The summed E-state index contributed by atoms with van der Waals surface area (Å²) >= 11 is 0. The van der Waals surface area contributed by atoms with E-state index in [0.29, 0.717) is 0 Å². The molecular formula is H9N3Na3+3. The standard InChI is InChI=1S/3H3N.3Na/h3*1H3;;;/q;;;3*+1. The van der Waals surface area contributed by atoms with E-state index in [-0.39, 0.29) is 107 Å². The number of hydrogen-bond acceptors (Lipinski definition) is 3. The molecule has 9 N–H and O–H groups in total. The second kappa shape index (κ2) is 45.0. The van der Waals surface area contributed by atoms with Crippen molar-refractivity contribution in [1.82, 2.24) is 18.5 Å². The molecule has 3 nitrogen and oxygen atoms in total. The summed E-state index contributed by atoms with van der Waals surface area (Å²) in [4.78, 5) is 0. The van der Waals surface area contributed by atoms with Gasteiger partial charge in [-0.15, -0.1) is 0 Å². The fourth-order valence-electron chi connectivity index (χ4n) is 0. The van der Waals surface area contributed by atoms with Crippen molar-refractivity contribution in [2.75, 3.05) is 0 Å². The molecule has 0 aromatic heterocycles. The maximum Gasteiger partial charge on any atom is 1.00 e. The van der Waals surface area contributed by atoms with Crippen LogP contribution in [0.25, 0.3) is 0 Å². The first-order chi connectivity index (χ1) is 0. The second-order valence-corrected chi connectivity index (χ2v) is 0. The van der Waals surface area contributed by atoms with Gasteiger partial charge in [0.25, 0.3) is 0 Å². The number of hydrogen-bond donors (Lipinski definition) is 3. The van der Waals surface area contributed by atoms with E-state index >= 15 is 0 Å². The van der Waals surface area contributed by atoms with E-state index in [2.05, 4.69) is 0 Å². The van der Waals surface area contributed by atoms with Gasteiger partial charge in [-0.1, -0.05) is 0 Å². The molecule has 0 aliphatic heterocycles. The van der Waals surface area contributed by atoms with Gasteiger partial charge in [-0.2, -0.15) is 0 Å². The molecule has 0 bridgehead atoms. The molecule has 0 fully saturated rings. The Morgan fingerprint density at radius 1 is 0.333 bits per heavy atom. The van der Waals surface area contributed by atoms with Crippen molar-refractivity contribution in [3.63, 3.8) is 0 Å². The topological polar surface area (TPSA) is 105 Å². The fourth-order valence-corrected chi connectivity index (χ4v) is 0. The van der Waals surface area contributed by atoms with E-state index in [4.69, 9.17) is 0 Å². The van der Waals surface area contributed by atoms with E-state index in [9.17, 15) is 0 Å². The Morgan fingerprint density at radius 2 is 0.333 bits per heavy atom. The van der Waals surface area contributed by atoms with Gasteiger partial charge in [-0.25, -0.2) is 0 Å². The van der Waals surface area contributed by atoms with E-state index < -0.39 is 0 Å². The van der Waals surface area contributed by atoms with Crippen LogP contribution in [0.1, 0.15) is 0 Å². The molecular weight excluding hydrogens is 111 g/mol. The minimum absolute atomic E-state index is 0. The minimum Gasteiger partial charge on any atom is -0.344 e. The summed E-state index contributed by atoms with van der Waals surface area (Å²) in [7, 11) is 0. The molecule has 0 aliphatic rings. The van der Waals surface area contributed by atoms with Crippen LogP contribution in [0, 0.1) is 0 Å². The van der Waals surface area contributed by atoms with Gasteiger partial charge in [0, 0.05) is 0 Å². The third kappa shape index (κ3) is 28.7. The summed E-state index contributed by atoms with van der Waals surface area (Å²) in [6, 6.07) is 0. The van der Waals surface area contributed by atoms with Crippen LogP contribution in [0.2, 0.25) is 0 Å². The van der Waals surface area contributed by atoms with Gasteiger partial charge in [0.1, 0.15) is 0 Å². The Kier molecular flexibility index (Phi) is 498. The van der Waals surface area contributed by atoms with Gasteiger partial charge in [0.15, 0.2) is 0 Å². The average Bonchev–Trinajstić information content (AvgIpc) is 0. The van der Waals surface area contributed by atoms with Crippen molar-refractivity contribution in [2.45, 2.75) is 0 Å². The van der Waals surface area contributed by atoms with Gasteiger partial charge in [0.2, 0.25) is 0 Å². The third-order valence-corrected chi connectivity index (χ3v) is 0. The van der Waals surface area contributed by atoms with Crippen molar-refractivity contribution in [3.05, 3.63) is 0 Å². The quantitative estimate of drug-likeness (QED) is 0.276. The molecule has 0 spiro atoms. The molecule has 0 heterocycles. The van der Waals surface area contributed by atoms with Gasteiger partial charge >= 0.3 is 88.7 Å².